The molecule has 0 aliphatic heterocycles. The van der Waals surface area contributed by atoms with E-state index in [1.54, 1.807) is 0 Å². The Kier molecular flexibility index (Phi) is 34.6. The van der Waals surface area contributed by atoms with E-state index < -0.39 is 5.97 Å². The van der Waals surface area contributed by atoms with Crippen LogP contribution in [0.4, 0.5) is 0 Å². The number of hydrogen-bond acceptors (Lipinski definition) is 7. The Bertz CT molecular complexity index is 464. The molecule has 0 aromatic rings. The second kappa shape index (κ2) is 35.3. The molecule has 0 aromatic heterocycles. The first-order chi connectivity index (χ1) is 19.3. The van der Waals surface area contributed by atoms with Crippen LogP contribution >= 0.6 is 0 Å². The van der Waals surface area contributed by atoms with Gasteiger partial charge in [0.05, 0.1) is 79.1 Å². The number of carboxylic acid groups (broad SMARTS) is 1. The molecule has 234 valence electrons. The second-order valence-electron chi connectivity index (χ2n) is 10.1. The molecule has 0 saturated heterocycles. The fourth-order valence-corrected chi connectivity index (χ4v) is 4.11. The largest absolute Gasteiger partial charge is 0.481 e. The lowest BCUT2D eigenvalue weighted by molar-refractivity contribution is -0.138. The van der Waals surface area contributed by atoms with Gasteiger partial charge in [0.25, 0.3) is 0 Å². The molecular formula is C31H62O8. The topological polar surface area (TPSA) is 92.7 Å². The van der Waals surface area contributed by atoms with Gasteiger partial charge in [-0.1, -0.05) is 103 Å². The van der Waals surface area contributed by atoms with E-state index in [0.29, 0.717) is 66.1 Å². The lowest BCUT2D eigenvalue weighted by Gasteiger charge is -2.08. The summed E-state index contributed by atoms with van der Waals surface area (Å²) < 4.78 is 32.5. The highest BCUT2D eigenvalue weighted by atomic mass is 16.6. The number of hydrogen-bond donors (Lipinski definition) is 1. The van der Waals surface area contributed by atoms with Crippen LogP contribution in [0.1, 0.15) is 116 Å². The van der Waals surface area contributed by atoms with E-state index in [9.17, 15) is 4.79 Å². The van der Waals surface area contributed by atoms with Crippen LogP contribution in [0.15, 0.2) is 0 Å². The molecular weight excluding hydrogens is 500 g/mol. The average molecular weight is 563 g/mol. The van der Waals surface area contributed by atoms with Crippen molar-refractivity contribution in [2.75, 3.05) is 79.3 Å². The molecule has 0 heterocycles. The molecule has 8 heteroatoms. The van der Waals surface area contributed by atoms with Gasteiger partial charge >= 0.3 is 5.97 Å². The Labute approximate surface area is 239 Å². The summed E-state index contributed by atoms with van der Waals surface area (Å²) in [5, 5.41) is 8.48. The van der Waals surface area contributed by atoms with Crippen LogP contribution in [-0.2, 0) is 33.2 Å². The minimum absolute atomic E-state index is 0.0154. The molecule has 0 amide bonds. The molecule has 0 bridgehead atoms. The van der Waals surface area contributed by atoms with E-state index in [-0.39, 0.29) is 13.0 Å². The van der Waals surface area contributed by atoms with Crippen molar-refractivity contribution < 1.29 is 38.3 Å². The van der Waals surface area contributed by atoms with Gasteiger partial charge in [0.2, 0.25) is 0 Å². The Morgan fingerprint density at radius 3 is 0.949 bits per heavy atom. The Balaban J connectivity index is 3.02. The summed E-state index contributed by atoms with van der Waals surface area (Å²) >= 11 is 0. The minimum atomic E-state index is -0.858. The van der Waals surface area contributed by atoms with Crippen LogP contribution in [0.2, 0.25) is 0 Å². The molecule has 0 saturated carbocycles. The zero-order valence-corrected chi connectivity index (χ0v) is 25.3. The van der Waals surface area contributed by atoms with E-state index in [2.05, 4.69) is 6.92 Å². The van der Waals surface area contributed by atoms with Crippen molar-refractivity contribution in [1.29, 1.82) is 0 Å². The van der Waals surface area contributed by atoms with E-state index in [4.69, 9.17) is 33.5 Å². The van der Waals surface area contributed by atoms with Gasteiger partial charge in [-0.3, -0.25) is 4.79 Å². The third kappa shape index (κ3) is 37.2. The summed E-state index contributed by atoms with van der Waals surface area (Å²) in [6, 6.07) is 0. The van der Waals surface area contributed by atoms with Crippen LogP contribution in [-0.4, -0.2) is 90.4 Å². The van der Waals surface area contributed by atoms with Gasteiger partial charge in [-0.25, -0.2) is 0 Å². The summed E-state index contributed by atoms with van der Waals surface area (Å²) in [5.41, 5.74) is 0. The number of carboxylic acids is 1. The normalized spacial score (nSPS) is 11.4. The first-order valence-corrected chi connectivity index (χ1v) is 16.0. The fraction of sp³-hybridized carbons (Fsp3) is 0.968. The maximum Gasteiger partial charge on any atom is 0.305 e. The summed E-state index contributed by atoms with van der Waals surface area (Å²) in [6.45, 7) is 8.52. The molecule has 0 radical (unpaired) electrons. The number of rotatable bonds is 35. The number of unbranched alkanes of at least 4 members (excludes halogenated alkanes) is 15. The van der Waals surface area contributed by atoms with Crippen LogP contribution in [0.5, 0.6) is 0 Å². The van der Waals surface area contributed by atoms with Gasteiger partial charge in [0.15, 0.2) is 0 Å². The molecule has 0 atom stereocenters. The molecule has 0 rings (SSSR count). The molecule has 1 N–H and O–H groups in total. The molecule has 0 aliphatic rings. The van der Waals surface area contributed by atoms with Gasteiger partial charge in [-0.05, 0) is 6.42 Å². The molecule has 0 aromatic carbocycles. The Hall–Kier alpha value is -0.770. The van der Waals surface area contributed by atoms with Crippen molar-refractivity contribution >= 4 is 5.97 Å². The van der Waals surface area contributed by atoms with Crippen LogP contribution in [0, 0.1) is 0 Å². The first-order valence-electron chi connectivity index (χ1n) is 16.0. The van der Waals surface area contributed by atoms with Crippen molar-refractivity contribution in [3.63, 3.8) is 0 Å². The zero-order chi connectivity index (χ0) is 28.3. The smallest absolute Gasteiger partial charge is 0.305 e. The Morgan fingerprint density at radius 2 is 0.641 bits per heavy atom. The highest BCUT2D eigenvalue weighted by Gasteiger charge is 1.98. The molecule has 0 fully saturated rings. The van der Waals surface area contributed by atoms with Crippen molar-refractivity contribution in [2.45, 2.75) is 116 Å². The SMILES string of the molecule is CCCCCCCCCCCCCCCCCCOCCOCCOCCOCCOCCOCCC(=O)O. The molecule has 0 aliphatic carbocycles. The zero-order valence-electron chi connectivity index (χ0n) is 25.3. The van der Waals surface area contributed by atoms with Gasteiger partial charge in [0.1, 0.15) is 0 Å². The average Bonchev–Trinajstić information content (AvgIpc) is 2.93. The third-order valence-electron chi connectivity index (χ3n) is 6.46. The fourth-order valence-electron chi connectivity index (χ4n) is 4.11. The summed E-state index contributed by atoms with van der Waals surface area (Å²) in [6.07, 6.45) is 22.2. The van der Waals surface area contributed by atoms with Crippen molar-refractivity contribution in [1.82, 2.24) is 0 Å². The molecule has 8 nitrogen and oxygen atoms in total. The predicted octanol–water partition coefficient (Wildman–Crippen LogP) is 6.82. The highest BCUT2D eigenvalue weighted by molar-refractivity contribution is 5.66. The Morgan fingerprint density at radius 1 is 0.385 bits per heavy atom. The van der Waals surface area contributed by atoms with Crippen molar-refractivity contribution in [3.05, 3.63) is 0 Å². The third-order valence-corrected chi connectivity index (χ3v) is 6.46. The number of carbonyl (C=O) groups is 1. The van der Waals surface area contributed by atoms with Gasteiger partial charge in [0, 0.05) is 6.61 Å². The predicted molar refractivity (Wildman–Crippen MR) is 157 cm³/mol. The highest BCUT2D eigenvalue weighted by Crippen LogP contribution is 2.13. The second-order valence-corrected chi connectivity index (χ2v) is 10.1. The van der Waals surface area contributed by atoms with Crippen LogP contribution in [0.25, 0.3) is 0 Å². The van der Waals surface area contributed by atoms with Crippen LogP contribution in [0.3, 0.4) is 0 Å². The number of ether oxygens (including phenoxy) is 6. The van der Waals surface area contributed by atoms with Gasteiger partial charge in [-0.15, -0.1) is 0 Å². The first kappa shape index (κ1) is 38.2. The summed E-state index contributed by atoms with van der Waals surface area (Å²) in [4.78, 5) is 10.3. The van der Waals surface area contributed by atoms with Gasteiger partial charge < -0.3 is 33.5 Å². The maximum absolute atomic E-state index is 10.3. The quantitative estimate of drug-likeness (QED) is 0.0841. The maximum atomic E-state index is 10.3. The molecule has 0 unspecified atom stereocenters. The van der Waals surface area contributed by atoms with Crippen molar-refractivity contribution in [2.24, 2.45) is 0 Å². The van der Waals surface area contributed by atoms with E-state index in [1.807, 2.05) is 0 Å². The number of aliphatic carboxylic acids is 1. The lowest BCUT2D eigenvalue weighted by atomic mass is 10.0. The lowest BCUT2D eigenvalue weighted by Crippen LogP contribution is -2.14. The van der Waals surface area contributed by atoms with Gasteiger partial charge in [-0.2, -0.15) is 0 Å². The standard InChI is InChI=1S/C31H62O8/c1-2-3-4-5-6-7-8-9-10-11-12-13-14-15-16-17-19-34-21-23-36-25-27-38-29-30-39-28-26-37-24-22-35-20-18-31(32)33/h2-30H2,1H3,(H,32,33). The monoisotopic (exact) mass is 562 g/mol. The summed E-state index contributed by atoms with van der Waals surface area (Å²) in [5.74, 6) is -0.858. The van der Waals surface area contributed by atoms with Crippen LogP contribution < -0.4 is 0 Å². The van der Waals surface area contributed by atoms with E-state index >= 15 is 0 Å². The van der Waals surface area contributed by atoms with Crippen molar-refractivity contribution in [3.8, 4) is 0 Å². The molecule has 0 spiro atoms. The van der Waals surface area contributed by atoms with E-state index in [1.165, 1.54) is 96.3 Å². The summed E-state index contributed by atoms with van der Waals surface area (Å²) in [7, 11) is 0. The molecule has 39 heavy (non-hydrogen) atoms. The van der Waals surface area contributed by atoms with E-state index in [0.717, 1.165) is 13.0 Å². The minimum Gasteiger partial charge on any atom is -0.481 e.